The molecular formula is C17H9N5O6S2. The van der Waals surface area contributed by atoms with Crippen LogP contribution < -0.4 is 11.2 Å². The molecule has 150 valence electrons. The van der Waals surface area contributed by atoms with Crippen molar-refractivity contribution < 1.29 is 14.4 Å². The zero-order chi connectivity index (χ0) is 21.4. The first-order chi connectivity index (χ1) is 14.3. The Morgan fingerprint density at radius 3 is 2.83 bits per heavy atom. The third-order valence-corrected chi connectivity index (χ3v) is 4.91. The van der Waals surface area contributed by atoms with Crippen LogP contribution >= 0.6 is 23.6 Å². The van der Waals surface area contributed by atoms with Crippen molar-refractivity contribution in [3.63, 3.8) is 0 Å². The van der Waals surface area contributed by atoms with E-state index in [1.54, 1.807) is 5.38 Å². The number of rotatable bonds is 4. The monoisotopic (exact) mass is 443 g/mol. The summed E-state index contributed by atoms with van der Waals surface area (Å²) in [7, 11) is 0. The number of hydrogen-bond donors (Lipinski definition) is 3. The fourth-order valence-corrected chi connectivity index (χ4v) is 3.42. The van der Waals surface area contributed by atoms with Crippen LogP contribution in [0.4, 0.5) is 10.8 Å². The van der Waals surface area contributed by atoms with Crippen LogP contribution in [0.25, 0.3) is 22.2 Å². The van der Waals surface area contributed by atoms with Crippen LogP contribution in [0.2, 0.25) is 0 Å². The van der Waals surface area contributed by atoms with Crippen molar-refractivity contribution >= 4 is 51.6 Å². The SMILES string of the molecule is O=c1[nH]c(=S)[nH]c(O)c1C=Nc1nc(-c2cc3cc([N+](=O)[O-])ccc3oc2=O)cs1. The molecule has 4 rings (SSSR count). The van der Waals surface area contributed by atoms with Crippen LogP contribution in [0.3, 0.4) is 0 Å². The molecule has 4 aromatic rings. The minimum atomic E-state index is -0.665. The second-order valence-corrected chi connectivity index (χ2v) is 7.12. The van der Waals surface area contributed by atoms with Crippen molar-refractivity contribution in [2.24, 2.45) is 4.99 Å². The molecule has 0 fully saturated rings. The van der Waals surface area contributed by atoms with Crippen LogP contribution in [0.15, 0.2) is 48.6 Å². The van der Waals surface area contributed by atoms with Gasteiger partial charge < -0.3 is 14.5 Å². The van der Waals surface area contributed by atoms with Gasteiger partial charge in [-0.15, -0.1) is 11.3 Å². The standard InChI is InChI=1S/C17H9N5O6S2/c23-13-10(14(24)21-16(29)20-13)5-18-17-19-11(6-30-17)9-4-7-3-8(22(26)27)1-2-12(7)28-15(9)25/h1-6H,(H3,20,21,23,24,29). The lowest BCUT2D eigenvalue weighted by Crippen LogP contribution is -2.13. The van der Waals surface area contributed by atoms with Gasteiger partial charge in [0.15, 0.2) is 4.77 Å². The largest absolute Gasteiger partial charge is 0.494 e. The van der Waals surface area contributed by atoms with E-state index < -0.39 is 22.0 Å². The fraction of sp³-hybridized carbons (Fsp3) is 0. The van der Waals surface area contributed by atoms with Gasteiger partial charge in [-0.3, -0.25) is 19.9 Å². The molecule has 0 amide bonds. The molecule has 13 heteroatoms. The minimum Gasteiger partial charge on any atom is -0.494 e. The Balaban J connectivity index is 1.72. The summed E-state index contributed by atoms with van der Waals surface area (Å²) in [6, 6.07) is 5.34. The van der Waals surface area contributed by atoms with Gasteiger partial charge in [-0.25, -0.2) is 14.8 Å². The molecule has 0 saturated carbocycles. The summed E-state index contributed by atoms with van der Waals surface area (Å²) in [5.74, 6) is -0.443. The van der Waals surface area contributed by atoms with Gasteiger partial charge in [-0.1, -0.05) is 0 Å². The molecule has 3 heterocycles. The normalized spacial score (nSPS) is 11.3. The first-order valence-electron chi connectivity index (χ1n) is 8.09. The number of aromatic nitrogens is 3. The van der Waals surface area contributed by atoms with E-state index in [9.17, 15) is 24.8 Å². The van der Waals surface area contributed by atoms with Crippen molar-refractivity contribution in [2.75, 3.05) is 0 Å². The Morgan fingerprint density at radius 2 is 2.10 bits per heavy atom. The number of thiazole rings is 1. The quantitative estimate of drug-likeness (QED) is 0.142. The average molecular weight is 443 g/mol. The molecule has 3 aromatic heterocycles. The first kappa shape index (κ1) is 19.4. The summed E-state index contributed by atoms with van der Waals surface area (Å²) in [6.07, 6.45) is 1.11. The smallest absolute Gasteiger partial charge is 0.345 e. The Labute approximate surface area is 174 Å². The zero-order valence-electron chi connectivity index (χ0n) is 14.6. The summed E-state index contributed by atoms with van der Waals surface area (Å²) in [6.45, 7) is 0. The van der Waals surface area contributed by atoms with Gasteiger partial charge >= 0.3 is 5.63 Å². The van der Waals surface area contributed by atoms with Crippen molar-refractivity contribution in [1.82, 2.24) is 15.0 Å². The van der Waals surface area contributed by atoms with Crippen molar-refractivity contribution in [3.05, 3.63) is 70.9 Å². The maximum atomic E-state index is 12.3. The third-order valence-electron chi connectivity index (χ3n) is 3.96. The van der Waals surface area contributed by atoms with E-state index >= 15 is 0 Å². The number of H-pyrrole nitrogens is 2. The lowest BCUT2D eigenvalue weighted by atomic mass is 10.1. The molecule has 0 radical (unpaired) electrons. The molecule has 0 aliphatic rings. The number of nitro benzene ring substituents is 1. The van der Waals surface area contributed by atoms with Crippen LogP contribution in [0.5, 0.6) is 5.88 Å². The number of hydrogen-bond acceptors (Lipinski definition) is 10. The topological polar surface area (TPSA) is 167 Å². The Hall–Kier alpha value is -3.97. The molecule has 0 aliphatic heterocycles. The van der Waals surface area contributed by atoms with Gasteiger partial charge in [0.25, 0.3) is 11.2 Å². The molecule has 0 bridgehead atoms. The van der Waals surface area contributed by atoms with Gasteiger partial charge in [-0.2, -0.15) is 0 Å². The van der Waals surface area contributed by atoms with Crippen LogP contribution in [-0.2, 0) is 0 Å². The highest BCUT2D eigenvalue weighted by Gasteiger charge is 2.14. The van der Waals surface area contributed by atoms with E-state index in [1.807, 2.05) is 0 Å². The Bertz CT molecular complexity index is 1510. The Morgan fingerprint density at radius 1 is 1.30 bits per heavy atom. The fourth-order valence-electron chi connectivity index (χ4n) is 2.57. The molecule has 0 spiro atoms. The number of non-ortho nitro benzene ring substituents is 1. The molecule has 0 aliphatic carbocycles. The molecule has 0 unspecified atom stereocenters. The molecule has 1 aromatic carbocycles. The van der Waals surface area contributed by atoms with Gasteiger partial charge in [0, 0.05) is 29.1 Å². The molecule has 3 N–H and O–H groups in total. The second-order valence-electron chi connectivity index (χ2n) is 5.87. The van der Waals surface area contributed by atoms with E-state index in [2.05, 4.69) is 19.9 Å². The van der Waals surface area contributed by atoms with E-state index in [0.29, 0.717) is 5.39 Å². The third kappa shape index (κ3) is 3.66. The lowest BCUT2D eigenvalue weighted by Gasteiger charge is -2.00. The van der Waals surface area contributed by atoms with Crippen LogP contribution in [0.1, 0.15) is 5.56 Å². The first-order valence-corrected chi connectivity index (χ1v) is 9.38. The Kier molecular flexibility index (Phi) is 4.81. The molecule has 0 atom stereocenters. The van der Waals surface area contributed by atoms with E-state index in [0.717, 1.165) is 17.6 Å². The highest BCUT2D eigenvalue weighted by atomic mass is 32.1. The van der Waals surface area contributed by atoms with Gasteiger partial charge in [0.2, 0.25) is 11.0 Å². The molecule has 0 saturated heterocycles. The summed E-state index contributed by atoms with van der Waals surface area (Å²) in [5.41, 5.74) is -1.02. The minimum absolute atomic E-state index is 0.0329. The van der Waals surface area contributed by atoms with Crippen molar-refractivity contribution in [2.45, 2.75) is 0 Å². The van der Waals surface area contributed by atoms with Crippen molar-refractivity contribution in [1.29, 1.82) is 0 Å². The summed E-state index contributed by atoms with van der Waals surface area (Å²) in [5, 5.41) is 22.9. The van der Waals surface area contributed by atoms with Gasteiger partial charge in [0.05, 0.1) is 16.2 Å². The molecular weight excluding hydrogens is 434 g/mol. The lowest BCUT2D eigenvalue weighted by molar-refractivity contribution is -0.384. The highest BCUT2D eigenvalue weighted by Crippen LogP contribution is 2.28. The van der Waals surface area contributed by atoms with E-state index in [-0.39, 0.29) is 38.0 Å². The second kappa shape index (κ2) is 7.46. The number of fused-ring (bicyclic) bond motifs is 1. The maximum Gasteiger partial charge on any atom is 0.345 e. The van der Waals surface area contributed by atoms with Crippen LogP contribution in [-0.4, -0.2) is 31.2 Å². The van der Waals surface area contributed by atoms with E-state index in [4.69, 9.17) is 16.6 Å². The van der Waals surface area contributed by atoms with Crippen LogP contribution in [0, 0.1) is 14.9 Å². The molecule has 11 nitrogen and oxygen atoms in total. The molecule has 30 heavy (non-hydrogen) atoms. The number of benzene rings is 1. The summed E-state index contributed by atoms with van der Waals surface area (Å²) >= 11 is 5.83. The van der Waals surface area contributed by atoms with Gasteiger partial charge in [-0.05, 0) is 24.4 Å². The summed E-state index contributed by atoms with van der Waals surface area (Å²) < 4.78 is 5.19. The number of aliphatic imine (C=N–C) groups is 1. The summed E-state index contributed by atoms with van der Waals surface area (Å²) in [4.78, 5) is 47.5. The number of nitro groups is 1. The predicted octanol–water partition coefficient (Wildman–Crippen LogP) is 3.03. The predicted molar refractivity (Wildman–Crippen MR) is 111 cm³/mol. The maximum absolute atomic E-state index is 12.3. The number of aromatic hydroxyl groups is 1. The highest BCUT2D eigenvalue weighted by molar-refractivity contribution is 7.71. The zero-order valence-corrected chi connectivity index (χ0v) is 16.2. The number of nitrogens with one attached hydrogen (secondary N) is 2. The number of aromatic amines is 2. The van der Waals surface area contributed by atoms with E-state index in [1.165, 1.54) is 24.3 Å². The number of nitrogens with zero attached hydrogens (tertiary/aromatic N) is 3. The van der Waals surface area contributed by atoms with Crippen molar-refractivity contribution in [3.8, 4) is 17.1 Å². The van der Waals surface area contributed by atoms with Gasteiger partial charge in [0.1, 0.15) is 11.1 Å². The average Bonchev–Trinajstić information content (AvgIpc) is 3.14.